The van der Waals surface area contributed by atoms with Gasteiger partial charge in [0.1, 0.15) is 0 Å². The second kappa shape index (κ2) is 3.74. The Morgan fingerprint density at radius 2 is 2.18 bits per heavy atom. The third kappa shape index (κ3) is 1.95. The Morgan fingerprint density at radius 1 is 1.55 bits per heavy atom. The van der Waals surface area contributed by atoms with Crippen LogP contribution in [0, 0.1) is 5.41 Å². The summed E-state index contributed by atoms with van der Waals surface area (Å²) in [6.45, 7) is 2.13. The minimum absolute atomic E-state index is 0.689. The molecule has 0 spiro atoms. The number of hydrogen-bond acceptors (Lipinski definition) is 1. The smallest absolute Gasteiger partial charge is 0.0957 e. The highest BCUT2D eigenvalue weighted by molar-refractivity contribution is 5.79. The van der Waals surface area contributed by atoms with Crippen molar-refractivity contribution in [3.63, 3.8) is 0 Å². The summed E-state index contributed by atoms with van der Waals surface area (Å²) in [5.41, 5.74) is 0. The van der Waals surface area contributed by atoms with Crippen LogP contribution < -0.4 is 0 Å². The molecule has 1 aliphatic rings. The Balaban J connectivity index is 2.27. The van der Waals surface area contributed by atoms with Crippen molar-refractivity contribution in [1.82, 2.24) is 4.90 Å². The fourth-order valence-electron chi connectivity index (χ4n) is 1.41. The molecule has 0 amide bonds. The molecule has 1 saturated carbocycles. The van der Waals surface area contributed by atoms with E-state index in [0.717, 1.165) is 18.7 Å². The molecule has 0 aromatic carbocycles. The average Bonchev–Trinajstić information content (AvgIpc) is 1.84. The molecule has 0 bridgehead atoms. The van der Waals surface area contributed by atoms with Crippen molar-refractivity contribution in [3.8, 4) is 0 Å². The highest BCUT2D eigenvalue weighted by Crippen LogP contribution is 2.23. The van der Waals surface area contributed by atoms with E-state index >= 15 is 0 Å². The monoisotopic (exact) mass is 154 g/mol. The van der Waals surface area contributed by atoms with E-state index in [0.29, 0.717) is 6.04 Å². The van der Waals surface area contributed by atoms with Gasteiger partial charge in [-0.2, -0.15) is 0 Å². The van der Waals surface area contributed by atoms with E-state index in [2.05, 4.69) is 18.9 Å². The summed E-state index contributed by atoms with van der Waals surface area (Å²) in [6.07, 6.45) is 5.97. The molecule has 11 heavy (non-hydrogen) atoms. The molecule has 2 heteroatoms. The third-order valence-electron chi connectivity index (χ3n) is 2.53. The number of nitrogens with zero attached hydrogens (tertiary/aromatic N) is 1. The van der Waals surface area contributed by atoms with Crippen molar-refractivity contribution in [2.24, 2.45) is 0 Å². The summed E-state index contributed by atoms with van der Waals surface area (Å²) in [5.74, 6) is 0.817. The molecule has 0 unspecified atom stereocenters. The highest BCUT2D eigenvalue weighted by atomic mass is 15.2. The van der Waals surface area contributed by atoms with Crippen molar-refractivity contribution >= 4 is 5.84 Å². The molecule has 1 aliphatic carbocycles. The van der Waals surface area contributed by atoms with Gasteiger partial charge in [-0.25, -0.2) is 0 Å². The number of rotatable bonds is 3. The largest absolute Gasteiger partial charge is 0.361 e. The van der Waals surface area contributed by atoms with Crippen LogP contribution in [0.1, 0.15) is 39.0 Å². The van der Waals surface area contributed by atoms with Gasteiger partial charge in [0, 0.05) is 19.5 Å². The molecule has 0 saturated heterocycles. The standard InChI is InChI=1S/C9H18N2/c1-3-5-9(10)11(2)8-6-4-7-8/h8,10H,3-7H2,1-2H3. The molecule has 0 atom stereocenters. The van der Waals surface area contributed by atoms with Crippen LogP contribution in [0.4, 0.5) is 0 Å². The maximum atomic E-state index is 7.69. The van der Waals surface area contributed by atoms with E-state index in [1.807, 2.05) is 0 Å². The van der Waals surface area contributed by atoms with Crippen molar-refractivity contribution in [2.45, 2.75) is 45.1 Å². The van der Waals surface area contributed by atoms with E-state index < -0.39 is 0 Å². The van der Waals surface area contributed by atoms with Crippen LogP contribution in [0.2, 0.25) is 0 Å². The fourth-order valence-corrected chi connectivity index (χ4v) is 1.41. The Hall–Kier alpha value is -0.530. The van der Waals surface area contributed by atoms with E-state index in [1.165, 1.54) is 19.3 Å². The van der Waals surface area contributed by atoms with Gasteiger partial charge in [-0.1, -0.05) is 6.92 Å². The van der Waals surface area contributed by atoms with Crippen LogP contribution in [0.25, 0.3) is 0 Å². The SMILES string of the molecule is CCCC(=N)N(C)C1CCC1. The van der Waals surface area contributed by atoms with E-state index in [9.17, 15) is 0 Å². The lowest BCUT2D eigenvalue weighted by atomic mass is 9.91. The summed E-state index contributed by atoms with van der Waals surface area (Å²) in [6, 6.07) is 0.689. The maximum Gasteiger partial charge on any atom is 0.0957 e. The minimum Gasteiger partial charge on any atom is -0.361 e. The first-order valence-corrected chi connectivity index (χ1v) is 4.56. The lowest BCUT2D eigenvalue weighted by molar-refractivity contribution is 0.236. The zero-order valence-electron chi connectivity index (χ0n) is 7.56. The van der Waals surface area contributed by atoms with Crippen LogP contribution in [0.5, 0.6) is 0 Å². The predicted molar refractivity (Wildman–Crippen MR) is 48.0 cm³/mol. The van der Waals surface area contributed by atoms with Gasteiger partial charge >= 0.3 is 0 Å². The molecule has 2 nitrogen and oxygen atoms in total. The Morgan fingerprint density at radius 3 is 2.55 bits per heavy atom. The first kappa shape index (κ1) is 8.57. The molecule has 1 fully saturated rings. The van der Waals surface area contributed by atoms with Gasteiger partial charge in [0.05, 0.1) is 5.84 Å². The van der Waals surface area contributed by atoms with Gasteiger partial charge in [-0.05, 0) is 25.7 Å². The number of hydrogen-bond donors (Lipinski definition) is 1. The van der Waals surface area contributed by atoms with Gasteiger partial charge in [0.25, 0.3) is 0 Å². The third-order valence-corrected chi connectivity index (χ3v) is 2.53. The van der Waals surface area contributed by atoms with Crippen molar-refractivity contribution in [2.75, 3.05) is 7.05 Å². The Labute approximate surface area is 69.1 Å². The van der Waals surface area contributed by atoms with E-state index in [1.54, 1.807) is 0 Å². The zero-order chi connectivity index (χ0) is 8.27. The summed E-state index contributed by atoms with van der Waals surface area (Å²) >= 11 is 0. The van der Waals surface area contributed by atoms with Crippen LogP contribution >= 0.6 is 0 Å². The molecular formula is C9H18N2. The minimum atomic E-state index is 0.689. The van der Waals surface area contributed by atoms with Gasteiger partial charge in [0.15, 0.2) is 0 Å². The first-order valence-electron chi connectivity index (χ1n) is 4.56. The van der Waals surface area contributed by atoms with Gasteiger partial charge < -0.3 is 4.90 Å². The lowest BCUT2D eigenvalue weighted by Crippen LogP contribution is -2.40. The maximum absolute atomic E-state index is 7.69. The molecule has 0 radical (unpaired) electrons. The van der Waals surface area contributed by atoms with Crippen LogP contribution in [-0.2, 0) is 0 Å². The molecule has 1 rings (SSSR count). The Bertz CT molecular complexity index is 138. The van der Waals surface area contributed by atoms with Crippen molar-refractivity contribution in [1.29, 1.82) is 5.41 Å². The van der Waals surface area contributed by atoms with E-state index in [4.69, 9.17) is 5.41 Å². The number of nitrogens with one attached hydrogen (secondary N) is 1. The quantitative estimate of drug-likeness (QED) is 0.490. The molecule has 0 heterocycles. The molecule has 0 aliphatic heterocycles. The van der Waals surface area contributed by atoms with Crippen molar-refractivity contribution < 1.29 is 0 Å². The topological polar surface area (TPSA) is 27.1 Å². The van der Waals surface area contributed by atoms with Crippen LogP contribution in [0.3, 0.4) is 0 Å². The molecule has 64 valence electrons. The molecule has 0 aromatic heterocycles. The molecular weight excluding hydrogens is 136 g/mol. The zero-order valence-corrected chi connectivity index (χ0v) is 7.56. The van der Waals surface area contributed by atoms with Crippen LogP contribution in [-0.4, -0.2) is 23.8 Å². The second-order valence-corrected chi connectivity index (χ2v) is 3.39. The Kier molecular flexibility index (Phi) is 2.92. The van der Waals surface area contributed by atoms with Gasteiger partial charge in [0.2, 0.25) is 0 Å². The summed E-state index contributed by atoms with van der Waals surface area (Å²) < 4.78 is 0. The van der Waals surface area contributed by atoms with Crippen molar-refractivity contribution in [3.05, 3.63) is 0 Å². The highest BCUT2D eigenvalue weighted by Gasteiger charge is 2.22. The lowest BCUT2D eigenvalue weighted by Gasteiger charge is -2.36. The molecule has 1 N–H and O–H groups in total. The van der Waals surface area contributed by atoms with E-state index in [-0.39, 0.29) is 0 Å². The summed E-state index contributed by atoms with van der Waals surface area (Å²) in [7, 11) is 2.06. The second-order valence-electron chi connectivity index (χ2n) is 3.39. The predicted octanol–water partition coefficient (Wildman–Crippen LogP) is 2.25. The normalized spacial score (nSPS) is 17.6. The molecule has 0 aromatic rings. The van der Waals surface area contributed by atoms with Gasteiger partial charge in [-0.3, -0.25) is 5.41 Å². The summed E-state index contributed by atoms with van der Waals surface area (Å²) in [4.78, 5) is 2.15. The fraction of sp³-hybridized carbons (Fsp3) is 0.889. The summed E-state index contributed by atoms with van der Waals surface area (Å²) in [5, 5.41) is 7.69. The van der Waals surface area contributed by atoms with Crippen LogP contribution in [0.15, 0.2) is 0 Å². The van der Waals surface area contributed by atoms with Gasteiger partial charge in [-0.15, -0.1) is 0 Å². The average molecular weight is 154 g/mol. The number of amidine groups is 1. The first-order chi connectivity index (χ1) is 5.25.